The molecule has 0 bridgehead atoms. The highest BCUT2D eigenvalue weighted by molar-refractivity contribution is 5.58. The van der Waals surface area contributed by atoms with Crippen molar-refractivity contribution in [3.05, 3.63) is 41.6 Å². The number of unbranched alkanes of at least 4 members (excludes halogenated alkanes) is 1. The minimum atomic E-state index is -4.56. The SMILES string of the molecule is CCCCOc1nc(N(CC)c2ccc(C(C)C)cc2)ncc1C(F)(F)F. The third kappa shape index (κ3) is 5.34. The first-order valence-corrected chi connectivity index (χ1v) is 9.22. The van der Waals surface area contributed by atoms with Crippen LogP contribution < -0.4 is 9.64 Å². The summed E-state index contributed by atoms with van der Waals surface area (Å²) >= 11 is 0. The fourth-order valence-corrected chi connectivity index (χ4v) is 2.58. The molecule has 27 heavy (non-hydrogen) atoms. The summed E-state index contributed by atoms with van der Waals surface area (Å²) in [4.78, 5) is 9.80. The van der Waals surface area contributed by atoms with Crippen molar-refractivity contribution in [1.29, 1.82) is 0 Å². The molecule has 1 aromatic carbocycles. The summed E-state index contributed by atoms with van der Waals surface area (Å²) in [6, 6.07) is 7.87. The van der Waals surface area contributed by atoms with E-state index in [9.17, 15) is 13.2 Å². The maximum atomic E-state index is 13.2. The minimum absolute atomic E-state index is 0.186. The smallest absolute Gasteiger partial charge is 0.423 e. The van der Waals surface area contributed by atoms with Crippen LogP contribution in [-0.4, -0.2) is 23.1 Å². The van der Waals surface area contributed by atoms with Crippen molar-refractivity contribution in [2.75, 3.05) is 18.1 Å². The summed E-state index contributed by atoms with van der Waals surface area (Å²) in [6.07, 6.45) is -2.28. The van der Waals surface area contributed by atoms with Crippen LogP contribution in [0.5, 0.6) is 5.88 Å². The van der Waals surface area contributed by atoms with E-state index in [2.05, 4.69) is 23.8 Å². The van der Waals surface area contributed by atoms with E-state index in [1.807, 2.05) is 38.1 Å². The number of hydrogen-bond acceptors (Lipinski definition) is 4. The minimum Gasteiger partial charge on any atom is -0.477 e. The van der Waals surface area contributed by atoms with Gasteiger partial charge in [0.15, 0.2) is 0 Å². The summed E-state index contributed by atoms with van der Waals surface area (Å²) in [6.45, 7) is 8.75. The van der Waals surface area contributed by atoms with Crippen molar-refractivity contribution in [3.8, 4) is 5.88 Å². The van der Waals surface area contributed by atoms with E-state index >= 15 is 0 Å². The molecule has 0 fully saturated rings. The summed E-state index contributed by atoms with van der Waals surface area (Å²) in [5.74, 6) is 0.169. The van der Waals surface area contributed by atoms with Gasteiger partial charge in [0.05, 0.1) is 6.61 Å². The van der Waals surface area contributed by atoms with E-state index in [-0.39, 0.29) is 12.6 Å². The van der Waals surface area contributed by atoms with E-state index in [1.165, 1.54) is 5.56 Å². The molecular formula is C20H26F3N3O. The number of halogens is 3. The Labute approximate surface area is 158 Å². The van der Waals surface area contributed by atoms with Crippen LogP contribution in [0.1, 0.15) is 57.6 Å². The number of anilines is 2. The van der Waals surface area contributed by atoms with Gasteiger partial charge in [0.25, 0.3) is 0 Å². The third-order valence-electron chi connectivity index (χ3n) is 4.21. The summed E-state index contributed by atoms with van der Waals surface area (Å²) in [5.41, 5.74) is 1.06. The van der Waals surface area contributed by atoms with E-state index in [1.54, 1.807) is 4.90 Å². The molecule has 2 aromatic rings. The molecule has 1 heterocycles. The molecule has 0 atom stereocenters. The Morgan fingerprint density at radius 1 is 1.11 bits per heavy atom. The first-order valence-electron chi connectivity index (χ1n) is 9.22. The number of nitrogens with zero attached hydrogens (tertiary/aromatic N) is 3. The zero-order valence-corrected chi connectivity index (χ0v) is 16.2. The fraction of sp³-hybridized carbons (Fsp3) is 0.500. The van der Waals surface area contributed by atoms with Gasteiger partial charge in [-0.1, -0.05) is 39.3 Å². The standard InChI is InChI=1S/C20H26F3N3O/c1-5-7-12-27-18-17(20(21,22)23)13-24-19(25-18)26(6-2)16-10-8-15(9-11-16)14(3)4/h8-11,13-14H,5-7,12H2,1-4H3. The number of ether oxygens (including phenoxy) is 1. The predicted molar refractivity (Wildman–Crippen MR) is 101 cm³/mol. The second-order valence-electron chi connectivity index (χ2n) is 6.58. The number of hydrogen-bond donors (Lipinski definition) is 0. The molecule has 0 N–H and O–H groups in total. The van der Waals surface area contributed by atoms with E-state index in [0.29, 0.717) is 18.9 Å². The molecule has 4 nitrogen and oxygen atoms in total. The van der Waals surface area contributed by atoms with Crippen molar-refractivity contribution < 1.29 is 17.9 Å². The molecule has 1 aromatic heterocycles. The molecule has 0 radical (unpaired) electrons. The number of rotatable bonds is 8. The van der Waals surface area contributed by atoms with Gasteiger partial charge >= 0.3 is 6.18 Å². The average Bonchev–Trinajstić information content (AvgIpc) is 2.62. The second kappa shape index (κ2) is 9.06. The zero-order chi connectivity index (χ0) is 20.0. The molecule has 0 saturated heterocycles. The lowest BCUT2D eigenvalue weighted by Gasteiger charge is -2.23. The predicted octanol–water partition coefficient (Wildman–Crippen LogP) is 5.96. The highest BCUT2D eigenvalue weighted by Gasteiger charge is 2.36. The second-order valence-corrected chi connectivity index (χ2v) is 6.58. The van der Waals surface area contributed by atoms with Crippen LogP contribution in [0.15, 0.2) is 30.5 Å². The molecule has 0 unspecified atom stereocenters. The molecule has 0 saturated carbocycles. The Bertz CT molecular complexity index is 730. The lowest BCUT2D eigenvalue weighted by atomic mass is 10.0. The van der Waals surface area contributed by atoms with Crippen molar-refractivity contribution in [1.82, 2.24) is 9.97 Å². The van der Waals surface area contributed by atoms with Gasteiger partial charge in [-0.2, -0.15) is 18.2 Å². The molecule has 0 aliphatic carbocycles. The summed E-state index contributed by atoms with van der Waals surface area (Å²) in [7, 11) is 0. The van der Waals surface area contributed by atoms with Gasteiger partial charge in [0, 0.05) is 18.4 Å². The van der Waals surface area contributed by atoms with Gasteiger partial charge in [0.2, 0.25) is 11.8 Å². The van der Waals surface area contributed by atoms with Crippen LogP contribution in [0.3, 0.4) is 0 Å². The quantitative estimate of drug-likeness (QED) is 0.529. The van der Waals surface area contributed by atoms with Crippen molar-refractivity contribution in [2.45, 2.75) is 52.6 Å². The van der Waals surface area contributed by atoms with Crippen LogP contribution in [-0.2, 0) is 6.18 Å². The average molecular weight is 381 g/mol. The Morgan fingerprint density at radius 3 is 2.30 bits per heavy atom. The molecule has 0 aliphatic heterocycles. The highest BCUT2D eigenvalue weighted by atomic mass is 19.4. The Kier molecular flexibility index (Phi) is 7.05. The van der Waals surface area contributed by atoms with Gasteiger partial charge < -0.3 is 9.64 Å². The molecule has 0 amide bonds. The largest absolute Gasteiger partial charge is 0.477 e. The highest BCUT2D eigenvalue weighted by Crippen LogP contribution is 2.36. The molecule has 0 spiro atoms. The summed E-state index contributed by atoms with van der Waals surface area (Å²) in [5, 5.41) is 0. The molecule has 148 valence electrons. The monoisotopic (exact) mass is 381 g/mol. The normalized spacial score (nSPS) is 11.7. The van der Waals surface area contributed by atoms with Gasteiger partial charge in [-0.05, 0) is 37.0 Å². The lowest BCUT2D eigenvalue weighted by Crippen LogP contribution is -2.21. The first kappa shape index (κ1) is 21.0. The number of alkyl halides is 3. The van der Waals surface area contributed by atoms with Crippen molar-refractivity contribution in [3.63, 3.8) is 0 Å². The molecular weight excluding hydrogens is 355 g/mol. The Hall–Kier alpha value is -2.31. The molecule has 0 aliphatic rings. The zero-order valence-electron chi connectivity index (χ0n) is 16.2. The van der Waals surface area contributed by atoms with E-state index in [4.69, 9.17) is 4.74 Å². The van der Waals surface area contributed by atoms with Crippen LogP contribution >= 0.6 is 0 Å². The van der Waals surface area contributed by atoms with Crippen LogP contribution in [0.2, 0.25) is 0 Å². The van der Waals surface area contributed by atoms with Gasteiger partial charge in [-0.15, -0.1) is 0 Å². The summed E-state index contributed by atoms with van der Waals surface area (Å²) < 4.78 is 45.1. The Balaban J connectivity index is 2.37. The van der Waals surface area contributed by atoms with E-state index in [0.717, 1.165) is 18.3 Å². The van der Waals surface area contributed by atoms with Crippen LogP contribution in [0.25, 0.3) is 0 Å². The fourth-order valence-electron chi connectivity index (χ4n) is 2.58. The van der Waals surface area contributed by atoms with Crippen LogP contribution in [0, 0.1) is 0 Å². The third-order valence-corrected chi connectivity index (χ3v) is 4.21. The van der Waals surface area contributed by atoms with Gasteiger partial charge in [-0.3, -0.25) is 0 Å². The maximum absolute atomic E-state index is 13.2. The number of benzene rings is 1. The topological polar surface area (TPSA) is 38.2 Å². The van der Waals surface area contributed by atoms with Gasteiger partial charge in [0.1, 0.15) is 5.56 Å². The van der Waals surface area contributed by atoms with E-state index < -0.39 is 17.6 Å². The molecule has 2 rings (SSSR count). The van der Waals surface area contributed by atoms with Crippen molar-refractivity contribution in [2.24, 2.45) is 0 Å². The number of aromatic nitrogens is 2. The van der Waals surface area contributed by atoms with Gasteiger partial charge in [-0.25, -0.2) is 4.98 Å². The van der Waals surface area contributed by atoms with Crippen LogP contribution in [0.4, 0.5) is 24.8 Å². The molecule has 7 heteroatoms. The van der Waals surface area contributed by atoms with Crippen molar-refractivity contribution >= 4 is 11.6 Å². The lowest BCUT2D eigenvalue weighted by molar-refractivity contribution is -0.139. The first-order chi connectivity index (χ1) is 12.8. The maximum Gasteiger partial charge on any atom is 0.423 e. The Morgan fingerprint density at radius 2 is 1.78 bits per heavy atom.